The molecule has 1 fully saturated rings. The minimum atomic E-state index is 0.307. The lowest BCUT2D eigenvalue weighted by atomic mass is 9.83. The van der Waals surface area contributed by atoms with Crippen molar-refractivity contribution in [3.63, 3.8) is 0 Å². The van der Waals surface area contributed by atoms with Crippen molar-refractivity contribution in [2.45, 2.75) is 37.7 Å². The van der Waals surface area contributed by atoms with Crippen LogP contribution in [0.5, 0.6) is 11.5 Å². The Balaban J connectivity index is 1.59. The summed E-state index contributed by atoms with van der Waals surface area (Å²) in [7, 11) is 1.69. The van der Waals surface area contributed by atoms with Crippen LogP contribution in [-0.4, -0.2) is 13.2 Å². The van der Waals surface area contributed by atoms with E-state index in [0.717, 1.165) is 24.3 Å². The summed E-state index contributed by atoms with van der Waals surface area (Å²) in [6, 6.07) is 18.7. The van der Waals surface area contributed by atoms with Gasteiger partial charge in [-0.2, -0.15) is 0 Å². The van der Waals surface area contributed by atoms with Crippen molar-refractivity contribution in [2.75, 3.05) is 7.11 Å². The van der Waals surface area contributed by atoms with Gasteiger partial charge in [0.2, 0.25) is 0 Å². The molecule has 2 aromatic carbocycles. The SMILES string of the molecule is COc1ccccc1OC1CCC(c2ccccc2)CC1. The van der Waals surface area contributed by atoms with Gasteiger partial charge in [0.05, 0.1) is 13.2 Å². The van der Waals surface area contributed by atoms with E-state index < -0.39 is 0 Å². The van der Waals surface area contributed by atoms with E-state index in [1.165, 1.54) is 18.4 Å². The van der Waals surface area contributed by atoms with Gasteiger partial charge in [0.25, 0.3) is 0 Å². The first-order valence-electron chi connectivity index (χ1n) is 7.71. The number of benzene rings is 2. The van der Waals surface area contributed by atoms with Crippen LogP contribution in [0.1, 0.15) is 37.2 Å². The van der Waals surface area contributed by atoms with Gasteiger partial charge >= 0.3 is 0 Å². The van der Waals surface area contributed by atoms with Crippen LogP contribution in [0.3, 0.4) is 0 Å². The zero-order chi connectivity index (χ0) is 14.5. The fourth-order valence-electron chi connectivity index (χ4n) is 3.13. The highest BCUT2D eigenvalue weighted by atomic mass is 16.5. The molecule has 0 spiro atoms. The predicted molar refractivity (Wildman–Crippen MR) is 85.1 cm³/mol. The molecular weight excluding hydrogens is 260 g/mol. The minimum absolute atomic E-state index is 0.307. The summed E-state index contributed by atoms with van der Waals surface area (Å²) in [4.78, 5) is 0. The van der Waals surface area contributed by atoms with Crippen LogP contribution < -0.4 is 9.47 Å². The van der Waals surface area contributed by atoms with Gasteiger partial charge in [-0.05, 0) is 49.3 Å². The summed E-state index contributed by atoms with van der Waals surface area (Å²) in [6.45, 7) is 0. The Morgan fingerprint density at radius 1 is 0.762 bits per heavy atom. The van der Waals surface area contributed by atoms with E-state index in [4.69, 9.17) is 9.47 Å². The number of ether oxygens (including phenoxy) is 2. The predicted octanol–water partition coefficient (Wildman–Crippen LogP) is 4.80. The highest BCUT2D eigenvalue weighted by Crippen LogP contribution is 2.36. The first-order chi connectivity index (χ1) is 10.4. The van der Waals surface area contributed by atoms with Crippen LogP contribution in [0.15, 0.2) is 54.6 Å². The molecule has 3 rings (SSSR count). The van der Waals surface area contributed by atoms with Crippen molar-refractivity contribution in [2.24, 2.45) is 0 Å². The van der Waals surface area contributed by atoms with Gasteiger partial charge < -0.3 is 9.47 Å². The highest BCUT2D eigenvalue weighted by molar-refractivity contribution is 5.39. The number of methoxy groups -OCH3 is 1. The third-order valence-corrected chi connectivity index (χ3v) is 4.31. The number of hydrogen-bond acceptors (Lipinski definition) is 2. The Morgan fingerprint density at radius 2 is 1.38 bits per heavy atom. The lowest BCUT2D eigenvalue weighted by molar-refractivity contribution is 0.141. The molecule has 0 bridgehead atoms. The van der Waals surface area contributed by atoms with Crippen molar-refractivity contribution in [1.29, 1.82) is 0 Å². The number of rotatable bonds is 4. The molecule has 1 aliphatic rings. The van der Waals surface area contributed by atoms with E-state index >= 15 is 0 Å². The van der Waals surface area contributed by atoms with Crippen molar-refractivity contribution >= 4 is 0 Å². The quantitative estimate of drug-likeness (QED) is 0.802. The lowest BCUT2D eigenvalue weighted by Gasteiger charge is -2.29. The van der Waals surface area contributed by atoms with E-state index in [-0.39, 0.29) is 0 Å². The molecule has 110 valence electrons. The number of hydrogen-bond donors (Lipinski definition) is 0. The molecule has 1 aliphatic carbocycles. The van der Waals surface area contributed by atoms with Crippen LogP contribution in [0, 0.1) is 0 Å². The fraction of sp³-hybridized carbons (Fsp3) is 0.368. The smallest absolute Gasteiger partial charge is 0.161 e. The topological polar surface area (TPSA) is 18.5 Å². The molecule has 0 aromatic heterocycles. The second-order valence-electron chi connectivity index (χ2n) is 5.65. The van der Waals surface area contributed by atoms with Crippen LogP contribution in [0.25, 0.3) is 0 Å². The molecule has 0 aliphatic heterocycles. The Hall–Kier alpha value is -1.96. The molecule has 2 heteroatoms. The second-order valence-corrected chi connectivity index (χ2v) is 5.65. The lowest BCUT2D eigenvalue weighted by Crippen LogP contribution is -2.23. The van der Waals surface area contributed by atoms with Crippen LogP contribution in [0.2, 0.25) is 0 Å². The van der Waals surface area contributed by atoms with Gasteiger partial charge in [-0.1, -0.05) is 42.5 Å². The third kappa shape index (κ3) is 3.38. The van der Waals surface area contributed by atoms with E-state index in [2.05, 4.69) is 30.3 Å². The maximum Gasteiger partial charge on any atom is 0.161 e. The summed E-state index contributed by atoms with van der Waals surface area (Å²) in [5, 5.41) is 0. The Bertz CT molecular complexity index is 557. The average molecular weight is 282 g/mol. The standard InChI is InChI=1S/C19H22O2/c1-20-18-9-5-6-10-19(18)21-17-13-11-16(12-14-17)15-7-3-2-4-8-15/h2-10,16-17H,11-14H2,1H3. The van der Waals surface area contributed by atoms with Gasteiger partial charge in [-0.3, -0.25) is 0 Å². The van der Waals surface area contributed by atoms with Gasteiger partial charge in [-0.25, -0.2) is 0 Å². The summed E-state index contributed by atoms with van der Waals surface area (Å²) >= 11 is 0. The van der Waals surface area contributed by atoms with Crippen molar-refractivity contribution in [3.8, 4) is 11.5 Å². The molecule has 2 aromatic rings. The zero-order valence-corrected chi connectivity index (χ0v) is 12.5. The minimum Gasteiger partial charge on any atom is -0.493 e. The molecule has 21 heavy (non-hydrogen) atoms. The molecule has 0 radical (unpaired) electrons. The molecule has 0 amide bonds. The Kier molecular flexibility index (Phi) is 4.44. The monoisotopic (exact) mass is 282 g/mol. The van der Waals surface area contributed by atoms with Crippen LogP contribution in [-0.2, 0) is 0 Å². The molecule has 0 heterocycles. The number of para-hydroxylation sites is 2. The van der Waals surface area contributed by atoms with Gasteiger partial charge in [0.15, 0.2) is 11.5 Å². The average Bonchev–Trinajstić information content (AvgIpc) is 2.57. The maximum atomic E-state index is 6.14. The maximum absolute atomic E-state index is 6.14. The van der Waals surface area contributed by atoms with E-state index in [1.54, 1.807) is 7.11 Å². The van der Waals surface area contributed by atoms with Gasteiger partial charge in [-0.15, -0.1) is 0 Å². The molecule has 0 atom stereocenters. The molecular formula is C19H22O2. The van der Waals surface area contributed by atoms with Crippen molar-refractivity contribution in [3.05, 3.63) is 60.2 Å². The zero-order valence-electron chi connectivity index (χ0n) is 12.5. The van der Waals surface area contributed by atoms with Crippen molar-refractivity contribution in [1.82, 2.24) is 0 Å². The first-order valence-corrected chi connectivity index (χ1v) is 7.71. The molecule has 0 saturated heterocycles. The van der Waals surface area contributed by atoms with Crippen LogP contribution >= 0.6 is 0 Å². The Morgan fingerprint density at radius 3 is 2.05 bits per heavy atom. The highest BCUT2D eigenvalue weighted by Gasteiger charge is 2.24. The molecule has 0 N–H and O–H groups in total. The van der Waals surface area contributed by atoms with E-state index in [9.17, 15) is 0 Å². The van der Waals surface area contributed by atoms with Gasteiger partial charge in [0.1, 0.15) is 0 Å². The molecule has 1 saturated carbocycles. The largest absolute Gasteiger partial charge is 0.493 e. The summed E-state index contributed by atoms with van der Waals surface area (Å²) < 4.78 is 11.5. The first kappa shape index (κ1) is 14.0. The fourth-order valence-corrected chi connectivity index (χ4v) is 3.13. The molecule has 2 nitrogen and oxygen atoms in total. The summed E-state index contributed by atoms with van der Waals surface area (Å²) in [6.07, 6.45) is 4.92. The Labute approximate surface area is 126 Å². The van der Waals surface area contributed by atoms with Gasteiger partial charge in [0, 0.05) is 0 Å². The third-order valence-electron chi connectivity index (χ3n) is 4.31. The second kappa shape index (κ2) is 6.66. The van der Waals surface area contributed by atoms with E-state index in [0.29, 0.717) is 12.0 Å². The van der Waals surface area contributed by atoms with E-state index in [1.807, 2.05) is 24.3 Å². The summed E-state index contributed by atoms with van der Waals surface area (Å²) in [5.41, 5.74) is 1.47. The van der Waals surface area contributed by atoms with Crippen molar-refractivity contribution < 1.29 is 9.47 Å². The van der Waals surface area contributed by atoms with Crippen LogP contribution in [0.4, 0.5) is 0 Å². The molecule has 0 unspecified atom stereocenters. The summed E-state index contributed by atoms with van der Waals surface area (Å²) in [5.74, 6) is 2.37. The normalized spacial score (nSPS) is 21.8.